The van der Waals surface area contributed by atoms with Gasteiger partial charge in [0.2, 0.25) is 17.9 Å². The van der Waals surface area contributed by atoms with Crippen LogP contribution in [0.3, 0.4) is 0 Å². The molecule has 3 heterocycles. The van der Waals surface area contributed by atoms with Gasteiger partial charge in [0.25, 0.3) is 0 Å². The fourth-order valence-corrected chi connectivity index (χ4v) is 3.90. The van der Waals surface area contributed by atoms with Crippen LogP contribution in [-0.2, 0) is 30.3 Å². The highest BCUT2D eigenvalue weighted by Crippen LogP contribution is 2.39. The normalized spacial score (nSPS) is 21.4. The van der Waals surface area contributed by atoms with Crippen LogP contribution in [0.4, 0.5) is 19.1 Å². The zero-order valence-corrected chi connectivity index (χ0v) is 18.8. The molecule has 0 bridgehead atoms. The van der Waals surface area contributed by atoms with Crippen molar-refractivity contribution in [3.05, 3.63) is 10.5 Å². The summed E-state index contributed by atoms with van der Waals surface area (Å²) in [5, 5.41) is 0. The van der Waals surface area contributed by atoms with E-state index in [1.807, 2.05) is 0 Å². The predicted octanol–water partition coefficient (Wildman–Crippen LogP) is 1.31. The van der Waals surface area contributed by atoms with Gasteiger partial charge in [0, 0.05) is 26.8 Å². The van der Waals surface area contributed by atoms with E-state index in [0.717, 1.165) is 18.4 Å². The topological polar surface area (TPSA) is 150 Å². The van der Waals surface area contributed by atoms with Gasteiger partial charge in [-0.05, 0) is 6.42 Å². The van der Waals surface area contributed by atoms with Gasteiger partial charge in [-0.2, -0.15) is 23.1 Å². The number of ether oxygens (including phenoxy) is 4. The summed E-state index contributed by atoms with van der Waals surface area (Å²) >= 11 is 0. The fourth-order valence-electron chi connectivity index (χ4n) is 3.90. The minimum atomic E-state index is -4.98. The molecule has 0 aromatic carbocycles. The van der Waals surface area contributed by atoms with Crippen molar-refractivity contribution in [3.8, 4) is 5.88 Å². The molecule has 2 N–H and O–H groups in total. The molecule has 15 heteroatoms. The standard InChI is InChI=1S/C19H24F3N5O7/c1-5-6-26-12-14(24-17(23)25-15(12)31-4)27(18(26)30)16-11(32-8(2)28)7-10(34-16)13(19(20,21)22)33-9(3)29/h10-11,13,16H,5-7H2,1-4H3,(H2,23,24,25)/t10?,11?,13-,16?/m1/s1. The maximum atomic E-state index is 13.6. The lowest BCUT2D eigenvalue weighted by Gasteiger charge is -2.25. The lowest BCUT2D eigenvalue weighted by atomic mass is 10.1. The lowest BCUT2D eigenvalue weighted by molar-refractivity contribution is -0.248. The second kappa shape index (κ2) is 9.48. The number of nitrogens with zero attached hydrogens (tertiary/aromatic N) is 4. The van der Waals surface area contributed by atoms with Crippen LogP contribution < -0.4 is 16.2 Å². The van der Waals surface area contributed by atoms with Gasteiger partial charge in [0.1, 0.15) is 12.2 Å². The molecule has 1 aliphatic rings. The first-order valence-corrected chi connectivity index (χ1v) is 10.3. The Morgan fingerprint density at radius 2 is 1.94 bits per heavy atom. The first-order chi connectivity index (χ1) is 15.9. The Hall–Kier alpha value is -3.36. The number of carbonyl (C=O) groups is 2. The number of aromatic nitrogens is 4. The van der Waals surface area contributed by atoms with E-state index in [0.29, 0.717) is 6.42 Å². The number of imidazole rings is 1. The molecule has 0 radical (unpaired) electrons. The van der Waals surface area contributed by atoms with Crippen LogP contribution in [0.15, 0.2) is 4.79 Å². The molecule has 12 nitrogen and oxygen atoms in total. The average Bonchev–Trinajstić information content (AvgIpc) is 3.22. The maximum Gasteiger partial charge on any atom is 0.428 e. The number of alkyl halides is 3. The predicted molar refractivity (Wildman–Crippen MR) is 109 cm³/mol. The number of methoxy groups -OCH3 is 1. The summed E-state index contributed by atoms with van der Waals surface area (Å²) in [6.07, 6.45) is -12.3. The van der Waals surface area contributed by atoms with Gasteiger partial charge in [-0.15, -0.1) is 0 Å². The number of rotatable bonds is 7. The summed E-state index contributed by atoms with van der Waals surface area (Å²) < 4.78 is 63.6. The van der Waals surface area contributed by atoms with Gasteiger partial charge in [-0.1, -0.05) is 6.92 Å². The number of carbonyl (C=O) groups excluding carboxylic acids is 2. The number of halogens is 3. The molecule has 0 spiro atoms. The fraction of sp³-hybridized carbons (Fsp3) is 0.632. The van der Waals surface area contributed by atoms with Crippen molar-refractivity contribution in [1.29, 1.82) is 0 Å². The summed E-state index contributed by atoms with van der Waals surface area (Å²) in [6.45, 7) is 3.88. The highest BCUT2D eigenvalue weighted by atomic mass is 19.4. The quantitative estimate of drug-likeness (QED) is 0.562. The van der Waals surface area contributed by atoms with Gasteiger partial charge in [0.05, 0.1) is 7.11 Å². The Labute approximate surface area is 190 Å². The van der Waals surface area contributed by atoms with E-state index in [1.54, 1.807) is 6.92 Å². The van der Waals surface area contributed by atoms with Crippen molar-refractivity contribution in [2.75, 3.05) is 12.8 Å². The monoisotopic (exact) mass is 491 g/mol. The average molecular weight is 491 g/mol. The Kier molecular flexibility index (Phi) is 7.05. The number of fused-ring (bicyclic) bond motifs is 1. The lowest BCUT2D eigenvalue weighted by Crippen LogP contribution is -2.43. The van der Waals surface area contributed by atoms with E-state index in [2.05, 4.69) is 14.7 Å². The minimum Gasteiger partial charge on any atom is -0.479 e. The molecule has 1 saturated heterocycles. The Morgan fingerprint density at radius 3 is 2.47 bits per heavy atom. The highest BCUT2D eigenvalue weighted by Gasteiger charge is 2.54. The van der Waals surface area contributed by atoms with Crippen LogP contribution in [0.2, 0.25) is 0 Å². The molecule has 0 aliphatic carbocycles. The summed E-state index contributed by atoms with van der Waals surface area (Å²) in [7, 11) is 1.30. The summed E-state index contributed by atoms with van der Waals surface area (Å²) in [4.78, 5) is 44.4. The molecule has 0 amide bonds. The largest absolute Gasteiger partial charge is 0.479 e. The van der Waals surface area contributed by atoms with Gasteiger partial charge >= 0.3 is 23.8 Å². The Bertz CT molecular complexity index is 1150. The first-order valence-electron chi connectivity index (χ1n) is 10.3. The van der Waals surface area contributed by atoms with E-state index in [4.69, 9.17) is 19.9 Å². The van der Waals surface area contributed by atoms with Crippen LogP contribution in [0.1, 0.15) is 39.8 Å². The van der Waals surface area contributed by atoms with Crippen molar-refractivity contribution >= 4 is 29.1 Å². The van der Waals surface area contributed by atoms with E-state index in [1.165, 1.54) is 11.7 Å². The zero-order chi connectivity index (χ0) is 25.4. The van der Waals surface area contributed by atoms with E-state index < -0.39 is 54.8 Å². The van der Waals surface area contributed by atoms with Gasteiger partial charge in [-0.3, -0.25) is 14.2 Å². The summed E-state index contributed by atoms with van der Waals surface area (Å²) in [5.41, 5.74) is 5.09. The zero-order valence-electron chi connectivity index (χ0n) is 18.8. The maximum absolute atomic E-state index is 13.6. The third kappa shape index (κ3) is 4.78. The molecule has 3 unspecified atom stereocenters. The number of anilines is 1. The molecular weight excluding hydrogens is 467 g/mol. The molecule has 2 aromatic heterocycles. The van der Waals surface area contributed by atoms with Crippen LogP contribution in [-0.4, -0.2) is 62.6 Å². The van der Waals surface area contributed by atoms with E-state index in [9.17, 15) is 27.6 Å². The molecule has 0 saturated carbocycles. The van der Waals surface area contributed by atoms with Crippen molar-refractivity contribution in [1.82, 2.24) is 19.1 Å². The van der Waals surface area contributed by atoms with Crippen molar-refractivity contribution < 1.29 is 41.7 Å². The van der Waals surface area contributed by atoms with Crippen LogP contribution in [0, 0.1) is 0 Å². The number of aryl methyl sites for hydroxylation is 1. The number of nitrogen functional groups attached to an aromatic ring is 1. The van der Waals surface area contributed by atoms with Gasteiger partial charge < -0.3 is 24.7 Å². The molecule has 1 aliphatic heterocycles. The Balaban J connectivity index is 2.19. The van der Waals surface area contributed by atoms with Crippen molar-refractivity contribution in [2.45, 2.75) is 70.9 Å². The molecule has 188 valence electrons. The smallest absolute Gasteiger partial charge is 0.428 e. The van der Waals surface area contributed by atoms with Gasteiger partial charge in [0.15, 0.2) is 17.4 Å². The van der Waals surface area contributed by atoms with Gasteiger partial charge in [-0.25, -0.2) is 9.36 Å². The third-order valence-electron chi connectivity index (χ3n) is 5.05. The first kappa shape index (κ1) is 25.3. The number of nitrogens with two attached hydrogens (primary N) is 1. The molecule has 4 atom stereocenters. The van der Waals surface area contributed by atoms with Crippen LogP contribution in [0.5, 0.6) is 5.88 Å². The molecule has 2 aromatic rings. The highest BCUT2D eigenvalue weighted by molar-refractivity contribution is 5.78. The summed E-state index contributed by atoms with van der Waals surface area (Å²) in [5.74, 6) is -2.29. The minimum absolute atomic E-state index is 0.0292. The number of esters is 2. The van der Waals surface area contributed by atoms with Crippen molar-refractivity contribution in [3.63, 3.8) is 0 Å². The second-order valence-electron chi connectivity index (χ2n) is 7.59. The second-order valence-corrected chi connectivity index (χ2v) is 7.59. The number of hydrogen-bond acceptors (Lipinski definition) is 10. The van der Waals surface area contributed by atoms with Crippen molar-refractivity contribution in [2.24, 2.45) is 0 Å². The molecule has 1 fully saturated rings. The van der Waals surface area contributed by atoms with E-state index >= 15 is 0 Å². The molecular formula is C19H24F3N5O7. The third-order valence-corrected chi connectivity index (χ3v) is 5.05. The Morgan fingerprint density at radius 1 is 1.26 bits per heavy atom. The summed E-state index contributed by atoms with van der Waals surface area (Å²) in [6, 6.07) is 0. The SMILES string of the molecule is CCCn1c(=O)n(C2OC([C@@H](OC(C)=O)C(F)(F)F)CC2OC(C)=O)c2nc(N)nc(OC)c21. The number of hydrogen-bond donors (Lipinski definition) is 1. The molecule has 3 rings (SSSR count). The van der Waals surface area contributed by atoms with E-state index in [-0.39, 0.29) is 29.5 Å². The van der Waals surface area contributed by atoms with Crippen LogP contribution >= 0.6 is 0 Å². The van der Waals surface area contributed by atoms with Crippen LogP contribution in [0.25, 0.3) is 11.2 Å². The molecule has 34 heavy (non-hydrogen) atoms.